The summed E-state index contributed by atoms with van der Waals surface area (Å²) in [6.07, 6.45) is 2.86. The SMILES string of the molecule is CN(C)CCCN1c2ccccc2C(c2ccccc2Cl)=Nc2cccnc21. The Bertz CT molecular complexity index is 1010. The Kier molecular flexibility index (Phi) is 5.42. The lowest BCUT2D eigenvalue weighted by atomic mass is 10.00. The monoisotopic (exact) mass is 390 g/mol. The maximum absolute atomic E-state index is 6.54. The van der Waals surface area contributed by atoms with Gasteiger partial charge in [0, 0.05) is 28.9 Å². The van der Waals surface area contributed by atoms with Gasteiger partial charge in [0.25, 0.3) is 0 Å². The molecule has 4 nitrogen and oxygen atoms in total. The third kappa shape index (κ3) is 3.66. The van der Waals surface area contributed by atoms with Crippen LogP contribution in [0.2, 0.25) is 5.02 Å². The molecule has 0 aliphatic carbocycles. The minimum absolute atomic E-state index is 0.697. The molecule has 0 N–H and O–H groups in total. The standard InChI is InChI=1S/C23H23ClN4/c1-27(2)15-8-16-28-21-13-6-4-10-18(21)22(17-9-3-5-11-19(17)24)26-20-12-7-14-25-23(20)28/h3-7,9-14H,8,15-16H2,1-2H3. The largest absolute Gasteiger partial charge is 0.324 e. The van der Waals surface area contributed by atoms with Gasteiger partial charge in [-0.3, -0.25) is 0 Å². The molecule has 4 rings (SSSR count). The molecule has 0 atom stereocenters. The molecule has 0 fully saturated rings. The highest BCUT2D eigenvalue weighted by atomic mass is 35.5. The van der Waals surface area contributed by atoms with E-state index in [1.165, 1.54) is 0 Å². The number of benzene rings is 2. The molecule has 2 heterocycles. The quantitative estimate of drug-likeness (QED) is 0.591. The molecule has 0 radical (unpaired) electrons. The molecule has 142 valence electrons. The van der Waals surface area contributed by atoms with Crippen LogP contribution in [0, 0.1) is 0 Å². The molecule has 28 heavy (non-hydrogen) atoms. The van der Waals surface area contributed by atoms with Crippen molar-refractivity contribution in [2.24, 2.45) is 4.99 Å². The highest BCUT2D eigenvalue weighted by Gasteiger charge is 2.25. The smallest absolute Gasteiger partial charge is 0.159 e. The number of aromatic nitrogens is 1. The fraction of sp³-hybridized carbons (Fsp3) is 0.217. The summed E-state index contributed by atoms with van der Waals surface area (Å²) >= 11 is 6.54. The fourth-order valence-electron chi connectivity index (χ4n) is 3.52. The van der Waals surface area contributed by atoms with E-state index in [-0.39, 0.29) is 0 Å². The number of hydrogen-bond donors (Lipinski definition) is 0. The number of fused-ring (bicyclic) bond motifs is 2. The summed E-state index contributed by atoms with van der Waals surface area (Å²) in [5.74, 6) is 0.885. The van der Waals surface area contributed by atoms with E-state index in [9.17, 15) is 0 Å². The van der Waals surface area contributed by atoms with Crippen LogP contribution in [0.5, 0.6) is 0 Å². The summed E-state index contributed by atoms with van der Waals surface area (Å²) in [6, 6.07) is 20.2. The lowest BCUT2D eigenvalue weighted by Gasteiger charge is -2.26. The minimum Gasteiger partial charge on any atom is -0.324 e. The number of halogens is 1. The van der Waals surface area contributed by atoms with Crippen LogP contribution in [0.1, 0.15) is 17.5 Å². The van der Waals surface area contributed by atoms with Gasteiger partial charge in [-0.1, -0.05) is 48.0 Å². The Morgan fingerprint density at radius 1 is 0.929 bits per heavy atom. The van der Waals surface area contributed by atoms with E-state index < -0.39 is 0 Å². The third-order valence-electron chi connectivity index (χ3n) is 4.82. The van der Waals surface area contributed by atoms with E-state index in [1.54, 1.807) is 0 Å². The zero-order chi connectivity index (χ0) is 19.5. The molecule has 2 aromatic carbocycles. The number of para-hydroxylation sites is 1. The van der Waals surface area contributed by atoms with Gasteiger partial charge in [0.1, 0.15) is 5.69 Å². The van der Waals surface area contributed by atoms with Crippen molar-refractivity contribution in [3.63, 3.8) is 0 Å². The summed E-state index contributed by atoms with van der Waals surface area (Å²) in [6.45, 7) is 1.88. The molecule has 1 aliphatic rings. The van der Waals surface area contributed by atoms with Crippen molar-refractivity contribution in [3.8, 4) is 0 Å². The summed E-state index contributed by atoms with van der Waals surface area (Å²) in [7, 11) is 4.20. The second-order valence-corrected chi connectivity index (χ2v) is 7.52. The first kappa shape index (κ1) is 18.7. The fourth-order valence-corrected chi connectivity index (χ4v) is 3.74. The van der Waals surface area contributed by atoms with Gasteiger partial charge < -0.3 is 9.80 Å². The van der Waals surface area contributed by atoms with Crippen LogP contribution < -0.4 is 4.90 Å². The first-order valence-electron chi connectivity index (χ1n) is 9.45. The van der Waals surface area contributed by atoms with Crippen LogP contribution in [0.4, 0.5) is 17.2 Å². The molecule has 0 saturated carbocycles. The maximum atomic E-state index is 6.54. The lowest BCUT2D eigenvalue weighted by Crippen LogP contribution is -2.24. The second kappa shape index (κ2) is 8.13. The maximum Gasteiger partial charge on any atom is 0.159 e. The summed E-state index contributed by atoms with van der Waals surface area (Å²) in [5.41, 5.74) is 4.85. The Morgan fingerprint density at radius 3 is 2.46 bits per heavy atom. The van der Waals surface area contributed by atoms with Crippen LogP contribution in [0.3, 0.4) is 0 Å². The topological polar surface area (TPSA) is 31.7 Å². The predicted molar refractivity (Wildman–Crippen MR) is 118 cm³/mol. The van der Waals surface area contributed by atoms with E-state index in [0.717, 1.165) is 53.5 Å². The Balaban J connectivity index is 1.88. The number of pyridine rings is 1. The molecule has 1 aliphatic heterocycles. The van der Waals surface area contributed by atoms with Gasteiger partial charge in [-0.2, -0.15) is 0 Å². The average molecular weight is 391 g/mol. The highest BCUT2D eigenvalue weighted by molar-refractivity contribution is 6.36. The van der Waals surface area contributed by atoms with Crippen LogP contribution >= 0.6 is 11.6 Å². The van der Waals surface area contributed by atoms with E-state index >= 15 is 0 Å². The van der Waals surface area contributed by atoms with Crippen LogP contribution in [0.25, 0.3) is 0 Å². The van der Waals surface area contributed by atoms with Crippen LogP contribution in [0.15, 0.2) is 71.9 Å². The summed E-state index contributed by atoms with van der Waals surface area (Å²) in [4.78, 5) is 14.2. The average Bonchev–Trinajstić information content (AvgIpc) is 2.84. The van der Waals surface area contributed by atoms with Gasteiger partial charge in [0.15, 0.2) is 5.82 Å². The normalized spacial score (nSPS) is 13.0. The molecule has 0 amide bonds. The highest BCUT2D eigenvalue weighted by Crippen LogP contribution is 2.39. The van der Waals surface area contributed by atoms with E-state index in [2.05, 4.69) is 47.1 Å². The first-order valence-corrected chi connectivity index (χ1v) is 9.83. The van der Waals surface area contributed by atoms with Crippen molar-refractivity contribution in [1.29, 1.82) is 0 Å². The Labute approximate surface area is 171 Å². The molecule has 0 saturated heterocycles. The summed E-state index contributed by atoms with van der Waals surface area (Å²) < 4.78 is 0. The van der Waals surface area contributed by atoms with E-state index in [4.69, 9.17) is 16.6 Å². The molecule has 0 bridgehead atoms. The molecule has 1 aromatic heterocycles. The van der Waals surface area contributed by atoms with Gasteiger partial charge in [0.2, 0.25) is 0 Å². The van der Waals surface area contributed by atoms with Crippen LogP contribution in [-0.2, 0) is 0 Å². The predicted octanol–water partition coefficient (Wildman–Crippen LogP) is 5.31. The van der Waals surface area contributed by atoms with E-state index in [1.807, 2.05) is 48.7 Å². The van der Waals surface area contributed by atoms with Gasteiger partial charge in [-0.05, 0) is 51.3 Å². The molecular formula is C23H23ClN4. The molecular weight excluding hydrogens is 368 g/mol. The van der Waals surface area contributed by atoms with E-state index in [0.29, 0.717) is 5.02 Å². The molecule has 5 heteroatoms. The van der Waals surface area contributed by atoms with Crippen LogP contribution in [-0.4, -0.2) is 42.8 Å². The Hall–Kier alpha value is -2.69. The summed E-state index contributed by atoms with van der Waals surface area (Å²) in [5, 5.41) is 0.697. The van der Waals surface area contributed by atoms with Crippen molar-refractivity contribution in [3.05, 3.63) is 83.0 Å². The molecule has 0 spiro atoms. The van der Waals surface area contributed by atoms with Crippen molar-refractivity contribution < 1.29 is 0 Å². The van der Waals surface area contributed by atoms with Gasteiger partial charge >= 0.3 is 0 Å². The second-order valence-electron chi connectivity index (χ2n) is 7.11. The number of hydrogen-bond acceptors (Lipinski definition) is 4. The van der Waals surface area contributed by atoms with Crippen molar-refractivity contribution in [2.75, 3.05) is 32.1 Å². The van der Waals surface area contributed by atoms with Gasteiger partial charge in [-0.25, -0.2) is 9.98 Å². The number of aliphatic imine (C=N–C) groups is 1. The molecule has 3 aromatic rings. The molecule has 0 unspecified atom stereocenters. The third-order valence-corrected chi connectivity index (χ3v) is 5.15. The zero-order valence-corrected chi connectivity index (χ0v) is 16.9. The number of rotatable bonds is 5. The minimum atomic E-state index is 0.697. The number of anilines is 2. The first-order chi connectivity index (χ1) is 13.6. The van der Waals surface area contributed by atoms with Gasteiger partial charge in [-0.15, -0.1) is 0 Å². The lowest BCUT2D eigenvalue weighted by molar-refractivity contribution is 0.402. The van der Waals surface area contributed by atoms with Crippen molar-refractivity contribution in [2.45, 2.75) is 6.42 Å². The van der Waals surface area contributed by atoms with Crippen molar-refractivity contribution in [1.82, 2.24) is 9.88 Å². The Morgan fingerprint density at radius 2 is 1.68 bits per heavy atom. The zero-order valence-electron chi connectivity index (χ0n) is 16.1. The number of nitrogens with zero attached hydrogens (tertiary/aromatic N) is 4. The van der Waals surface area contributed by atoms with Gasteiger partial charge in [0.05, 0.1) is 11.4 Å². The van der Waals surface area contributed by atoms with Crippen molar-refractivity contribution >= 4 is 34.5 Å².